The van der Waals surface area contributed by atoms with Gasteiger partial charge in [-0.2, -0.15) is 0 Å². The maximum absolute atomic E-state index is 12.0. The number of rotatable bonds is 5. The Labute approximate surface area is 160 Å². The van der Waals surface area contributed by atoms with E-state index in [-0.39, 0.29) is 12.5 Å². The van der Waals surface area contributed by atoms with Crippen LogP contribution in [-0.2, 0) is 9.53 Å². The third-order valence-corrected chi connectivity index (χ3v) is 4.51. The molecule has 130 valence electrons. The summed E-state index contributed by atoms with van der Waals surface area (Å²) in [4.78, 5) is 18.3. The summed E-state index contributed by atoms with van der Waals surface area (Å²) in [6.07, 6.45) is 1.81. The fourth-order valence-corrected chi connectivity index (χ4v) is 2.74. The Kier molecular flexibility index (Phi) is 6.41. The first kappa shape index (κ1) is 17.9. The van der Waals surface area contributed by atoms with Crippen LogP contribution in [0.2, 0.25) is 0 Å². The minimum absolute atomic E-state index is 0.00681. The lowest BCUT2D eigenvalue weighted by Crippen LogP contribution is -2.42. The van der Waals surface area contributed by atoms with Gasteiger partial charge in [0.1, 0.15) is 5.75 Å². The minimum atomic E-state index is -0.00681. The normalized spacial score (nSPS) is 14.7. The third-order valence-electron chi connectivity index (χ3n) is 3.80. The molecule has 0 radical (unpaired) electrons. The summed E-state index contributed by atoms with van der Waals surface area (Å²) >= 11 is 2.27. The highest BCUT2D eigenvalue weighted by atomic mass is 127. The van der Waals surface area contributed by atoms with Crippen LogP contribution in [0.4, 0.5) is 5.69 Å². The van der Waals surface area contributed by atoms with Gasteiger partial charge in [0, 0.05) is 22.9 Å². The van der Waals surface area contributed by atoms with Crippen LogP contribution < -0.4 is 4.74 Å². The molecular formula is C19H19IN2O3. The van der Waals surface area contributed by atoms with Gasteiger partial charge in [-0.3, -0.25) is 9.79 Å². The molecule has 0 aliphatic carbocycles. The van der Waals surface area contributed by atoms with E-state index in [1.807, 2.05) is 54.7 Å². The van der Waals surface area contributed by atoms with E-state index in [4.69, 9.17) is 9.47 Å². The second-order valence-electron chi connectivity index (χ2n) is 5.59. The van der Waals surface area contributed by atoms with Crippen LogP contribution in [0.5, 0.6) is 5.75 Å². The molecule has 0 aromatic heterocycles. The monoisotopic (exact) mass is 450 g/mol. The van der Waals surface area contributed by atoms with Crippen molar-refractivity contribution in [3.05, 3.63) is 57.7 Å². The van der Waals surface area contributed by atoms with Crippen molar-refractivity contribution < 1.29 is 14.3 Å². The molecule has 0 unspecified atom stereocenters. The van der Waals surface area contributed by atoms with Gasteiger partial charge < -0.3 is 14.4 Å². The standard InChI is InChI=1S/C19H19IN2O3/c20-16-3-5-17(6-4-16)21-13-15-1-7-18(8-2-15)25-14-19(23)22-9-11-24-12-10-22/h1-8,13H,9-12,14H2. The second kappa shape index (κ2) is 8.96. The molecule has 2 aromatic rings. The van der Waals surface area contributed by atoms with E-state index < -0.39 is 0 Å². The van der Waals surface area contributed by atoms with Crippen LogP contribution in [0.1, 0.15) is 5.56 Å². The van der Waals surface area contributed by atoms with Crippen LogP contribution in [0.25, 0.3) is 0 Å². The number of carbonyl (C=O) groups excluding carboxylic acids is 1. The molecule has 0 saturated carbocycles. The summed E-state index contributed by atoms with van der Waals surface area (Å²) in [6.45, 7) is 2.52. The molecule has 0 spiro atoms. The number of hydrogen-bond donors (Lipinski definition) is 0. The Bertz CT molecular complexity index is 723. The van der Waals surface area contributed by atoms with Crippen molar-refractivity contribution in [1.29, 1.82) is 0 Å². The molecule has 0 bridgehead atoms. The van der Waals surface area contributed by atoms with Gasteiger partial charge in [0.2, 0.25) is 0 Å². The number of morpholine rings is 1. The van der Waals surface area contributed by atoms with Gasteiger partial charge in [-0.15, -0.1) is 0 Å². The molecule has 2 aromatic carbocycles. The van der Waals surface area contributed by atoms with E-state index in [0.29, 0.717) is 32.1 Å². The van der Waals surface area contributed by atoms with Crippen molar-refractivity contribution in [3.8, 4) is 5.75 Å². The fourth-order valence-electron chi connectivity index (χ4n) is 2.38. The van der Waals surface area contributed by atoms with E-state index >= 15 is 0 Å². The highest BCUT2D eigenvalue weighted by molar-refractivity contribution is 14.1. The molecule has 1 saturated heterocycles. The Balaban J connectivity index is 1.51. The van der Waals surface area contributed by atoms with Gasteiger partial charge in [0.25, 0.3) is 5.91 Å². The molecule has 5 nitrogen and oxygen atoms in total. The van der Waals surface area contributed by atoms with Crippen LogP contribution in [0.3, 0.4) is 0 Å². The number of aliphatic imine (C=N–C) groups is 1. The topological polar surface area (TPSA) is 51.1 Å². The quantitative estimate of drug-likeness (QED) is 0.519. The Morgan fingerprint density at radius 1 is 1.12 bits per heavy atom. The predicted octanol–water partition coefficient (Wildman–Crippen LogP) is 3.28. The SMILES string of the molecule is O=C(COc1ccc(C=Nc2ccc(I)cc2)cc1)N1CCOCC1. The first-order valence-corrected chi connectivity index (χ1v) is 9.16. The number of benzene rings is 2. The maximum Gasteiger partial charge on any atom is 0.260 e. The molecule has 1 fully saturated rings. The van der Waals surface area contributed by atoms with Crippen molar-refractivity contribution in [2.24, 2.45) is 4.99 Å². The van der Waals surface area contributed by atoms with Crippen LogP contribution in [0.15, 0.2) is 53.5 Å². The van der Waals surface area contributed by atoms with Gasteiger partial charge in [-0.1, -0.05) is 0 Å². The second-order valence-corrected chi connectivity index (χ2v) is 6.83. The summed E-state index contributed by atoms with van der Waals surface area (Å²) in [7, 11) is 0. The third kappa shape index (κ3) is 5.54. The molecule has 1 amide bonds. The Morgan fingerprint density at radius 2 is 1.80 bits per heavy atom. The van der Waals surface area contributed by atoms with E-state index in [0.717, 1.165) is 11.3 Å². The van der Waals surface area contributed by atoms with Crippen molar-refractivity contribution in [1.82, 2.24) is 4.90 Å². The van der Waals surface area contributed by atoms with Crippen molar-refractivity contribution in [2.75, 3.05) is 32.9 Å². The van der Waals surface area contributed by atoms with E-state index in [9.17, 15) is 4.79 Å². The molecule has 0 N–H and O–H groups in total. The number of halogens is 1. The largest absolute Gasteiger partial charge is 0.484 e. The summed E-state index contributed by atoms with van der Waals surface area (Å²) in [6, 6.07) is 15.5. The molecule has 3 rings (SSSR count). The van der Waals surface area contributed by atoms with Gasteiger partial charge in [-0.05, 0) is 76.7 Å². The predicted molar refractivity (Wildman–Crippen MR) is 106 cm³/mol. The van der Waals surface area contributed by atoms with Crippen LogP contribution >= 0.6 is 22.6 Å². The summed E-state index contributed by atoms with van der Waals surface area (Å²) in [5.41, 5.74) is 1.89. The van der Waals surface area contributed by atoms with Crippen molar-refractivity contribution in [3.63, 3.8) is 0 Å². The summed E-state index contributed by atoms with van der Waals surface area (Å²) < 4.78 is 12.0. The number of hydrogen-bond acceptors (Lipinski definition) is 4. The first-order valence-electron chi connectivity index (χ1n) is 8.09. The van der Waals surface area contributed by atoms with E-state index in [1.54, 1.807) is 4.90 Å². The van der Waals surface area contributed by atoms with Gasteiger partial charge >= 0.3 is 0 Å². The zero-order valence-corrected chi connectivity index (χ0v) is 15.9. The molecule has 0 atom stereocenters. The molecule has 1 heterocycles. The van der Waals surface area contributed by atoms with Crippen molar-refractivity contribution in [2.45, 2.75) is 0 Å². The number of amides is 1. The Morgan fingerprint density at radius 3 is 2.48 bits per heavy atom. The fraction of sp³-hybridized carbons (Fsp3) is 0.263. The minimum Gasteiger partial charge on any atom is -0.484 e. The highest BCUT2D eigenvalue weighted by Gasteiger charge is 2.16. The molecule has 6 heteroatoms. The van der Waals surface area contributed by atoms with E-state index in [2.05, 4.69) is 27.6 Å². The molecule has 1 aliphatic heterocycles. The van der Waals surface area contributed by atoms with E-state index in [1.165, 1.54) is 3.57 Å². The Hall–Kier alpha value is -1.93. The zero-order valence-electron chi connectivity index (χ0n) is 13.7. The van der Waals surface area contributed by atoms with Gasteiger partial charge in [-0.25, -0.2) is 0 Å². The first-order chi connectivity index (χ1) is 12.2. The molecule has 25 heavy (non-hydrogen) atoms. The lowest BCUT2D eigenvalue weighted by Gasteiger charge is -2.26. The average Bonchev–Trinajstić information content (AvgIpc) is 2.67. The number of nitrogens with zero attached hydrogens (tertiary/aromatic N) is 2. The highest BCUT2D eigenvalue weighted by Crippen LogP contribution is 2.15. The molecule has 1 aliphatic rings. The smallest absolute Gasteiger partial charge is 0.260 e. The van der Waals surface area contributed by atoms with Crippen molar-refractivity contribution >= 4 is 40.4 Å². The molecular weight excluding hydrogens is 431 g/mol. The van der Waals surface area contributed by atoms with Gasteiger partial charge in [0.05, 0.1) is 18.9 Å². The number of carbonyl (C=O) groups is 1. The number of ether oxygens (including phenoxy) is 2. The van der Waals surface area contributed by atoms with Crippen LogP contribution in [-0.4, -0.2) is 49.9 Å². The maximum atomic E-state index is 12.0. The zero-order chi connectivity index (χ0) is 17.5. The van der Waals surface area contributed by atoms with Crippen LogP contribution in [0, 0.1) is 3.57 Å². The summed E-state index contributed by atoms with van der Waals surface area (Å²) in [5.74, 6) is 0.667. The lowest BCUT2D eigenvalue weighted by atomic mass is 10.2. The average molecular weight is 450 g/mol. The lowest BCUT2D eigenvalue weighted by molar-refractivity contribution is -0.137. The summed E-state index contributed by atoms with van der Waals surface area (Å²) in [5, 5.41) is 0. The van der Waals surface area contributed by atoms with Gasteiger partial charge in [0.15, 0.2) is 6.61 Å².